The Morgan fingerprint density at radius 1 is 0.574 bits per heavy atom. The van der Waals surface area contributed by atoms with Gasteiger partial charge in [0.2, 0.25) is 0 Å². The summed E-state index contributed by atoms with van der Waals surface area (Å²) >= 11 is 0. The van der Waals surface area contributed by atoms with Gasteiger partial charge in [-0.05, 0) is 78.8 Å². The lowest BCUT2D eigenvalue weighted by Crippen LogP contribution is -2.42. The van der Waals surface area contributed by atoms with Crippen molar-refractivity contribution in [3.63, 3.8) is 0 Å². The van der Waals surface area contributed by atoms with Crippen LogP contribution in [0.4, 0.5) is 0 Å². The second-order valence-electron chi connectivity index (χ2n) is 16.9. The minimum Gasteiger partial charge on any atom is -0.493 e. The normalized spacial score (nSPS) is 25.1. The van der Waals surface area contributed by atoms with Crippen LogP contribution in [0.15, 0.2) is 113 Å². The smallest absolute Gasteiger partial charge is 0.179 e. The van der Waals surface area contributed by atoms with E-state index in [1.807, 2.05) is 87.5 Å². The second kappa shape index (κ2) is 22.1. The Balaban J connectivity index is 0.00000108. The van der Waals surface area contributed by atoms with Gasteiger partial charge in [-0.3, -0.25) is 0 Å². The summed E-state index contributed by atoms with van der Waals surface area (Å²) in [4.78, 5) is 0.532. The van der Waals surface area contributed by atoms with E-state index in [1.165, 1.54) is 0 Å². The summed E-state index contributed by atoms with van der Waals surface area (Å²) in [6.45, 7) is 11.3. The number of sulfone groups is 2. The van der Waals surface area contributed by atoms with Gasteiger partial charge in [-0.25, -0.2) is 16.8 Å². The minimum absolute atomic E-state index is 0.0583. The molecule has 0 aliphatic carbocycles. The Morgan fingerprint density at radius 2 is 1.05 bits per heavy atom. The number of rotatable bonds is 18. The van der Waals surface area contributed by atoms with Crippen molar-refractivity contribution in [3.8, 4) is 11.5 Å². The Hall–Kier alpha value is -3.74. The monoisotopic (exact) mass is 876 g/mol. The third-order valence-electron chi connectivity index (χ3n) is 12.9. The maximum Gasteiger partial charge on any atom is 0.179 e. The van der Waals surface area contributed by atoms with E-state index in [9.17, 15) is 27.0 Å². The molecule has 0 saturated carbocycles. The minimum atomic E-state index is -3.69. The van der Waals surface area contributed by atoms with Crippen molar-refractivity contribution in [3.05, 3.63) is 120 Å². The molecule has 0 unspecified atom stereocenters. The fourth-order valence-electron chi connectivity index (χ4n) is 9.26. The number of fused-ring (bicyclic) bond motifs is 2. The largest absolute Gasteiger partial charge is 0.493 e. The molecule has 0 spiro atoms. The van der Waals surface area contributed by atoms with Gasteiger partial charge in [-0.2, -0.15) is 0 Å². The summed E-state index contributed by atoms with van der Waals surface area (Å²) in [5.41, 5.74) is 0.578. The molecule has 2 heterocycles. The summed E-state index contributed by atoms with van der Waals surface area (Å²) in [7, 11) is -7.29. The predicted molar refractivity (Wildman–Crippen MR) is 243 cm³/mol. The first-order valence-electron chi connectivity index (χ1n) is 22.3. The SMILES string of the molecule is CCCC[C@@]1(CC)CS(=O)(=O)c2ccc(OCCCOCCOc3ccc4c(c3)[C@H](C)[C@H](O)[C@](CC)(CCCC)CS4(=O)=O)cc2[C@@H](c2ccccc2)[C@H]1O.c1ccccc1. The molecule has 0 bridgehead atoms. The predicted octanol–water partition coefficient (Wildman–Crippen LogP) is 9.94. The van der Waals surface area contributed by atoms with E-state index in [0.717, 1.165) is 31.2 Å². The van der Waals surface area contributed by atoms with Crippen molar-refractivity contribution >= 4 is 19.7 Å². The first-order chi connectivity index (χ1) is 29.3. The third-order valence-corrected chi connectivity index (χ3v) is 16.9. The second-order valence-corrected chi connectivity index (χ2v) is 20.9. The quantitative estimate of drug-likeness (QED) is 0.0937. The number of unbranched alkanes of at least 4 members (excludes halogenated alkanes) is 2. The molecule has 0 fully saturated rings. The average Bonchev–Trinajstić information content (AvgIpc) is 3.38. The fourth-order valence-corrected chi connectivity index (χ4v) is 13.8. The van der Waals surface area contributed by atoms with Crippen molar-refractivity contribution in [2.75, 3.05) is 37.9 Å². The zero-order valence-corrected chi connectivity index (χ0v) is 38.4. The molecular formula is C50H68O9S2. The molecule has 2 aliphatic heterocycles. The van der Waals surface area contributed by atoms with E-state index in [-0.39, 0.29) is 33.8 Å². The zero-order chi connectivity index (χ0) is 44.1. The van der Waals surface area contributed by atoms with Gasteiger partial charge in [0.05, 0.1) is 46.7 Å². The van der Waals surface area contributed by atoms with Crippen molar-refractivity contribution < 1.29 is 41.3 Å². The van der Waals surface area contributed by atoms with Crippen molar-refractivity contribution in [1.82, 2.24) is 0 Å². The van der Waals surface area contributed by atoms with Gasteiger partial charge in [0, 0.05) is 35.7 Å². The van der Waals surface area contributed by atoms with Crippen LogP contribution in [-0.2, 0) is 24.4 Å². The zero-order valence-electron chi connectivity index (χ0n) is 36.8. The maximum atomic E-state index is 13.9. The molecule has 0 radical (unpaired) electrons. The highest BCUT2D eigenvalue weighted by molar-refractivity contribution is 7.91. The Morgan fingerprint density at radius 3 is 1.57 bits per heavy atom. The highest BCUT2D eigenvalue weighted by Crippen LogP contribution is 2.50. The molecule has 4 aromatic rings. The molecule has 0 aromatic heterocycles. The van der Waals surface area contributed by atoms with E-state index in [1.54, 1.807) is 36.4 Å². The van der Waals surface area contributed by atoms with Crippen LogP contribution in [0.5, 0.6) is 11.5 Å². The summed E-state index contributed by atoms with van der Waals surface area (Å²) < 4.78 is 72.8. The van der Waals surface area contributed by atoms with Gasteiger partial charge < -0.3 is 24.4 Å². The standard InChI is InChI=1S/C44H62O9S2.C6H6/c1-6-10-22-43(8-3)30-54(47,48)38-20-18-34(28-36(38)32(5)41(43)45)53-27-26-51-24-15-25-52-35-19-21-39-37(29-35)40(33-16-13-12-14-17-33)42(46)44(9-4,23-11-7-2)31-55(39,49)50;1-2-4-6-5-3-1/h12-14,16-21,28-29,32,40-42,45-46H,6-11,15,22-27,30-31H2,1-5H3;1-6H/t32-,40+,41-,42+,43+,44-;/m0./s1. The average molecular weight is 877 g/mol. The van der Waals surface area contributed by atoms with Crippen LogP contribution >= 0.6 is 0 Å². The number of hydrogen-bond donors (Lipinski definition) is 2. The molecule has 6 atom stereocenters. The van der Waals surface area contributed by atoms with Crippen molar-refractivity contribution in [2.45, 2.75) is 126 Å². The van der Waals surface area contributed by atoms with E-state index in [0.29, 0.717) is 74.6 Å². The number of benzene rings is 4. The molecule has 2 aliphatic rings. The van der Waals surface area contributed by atoms with E-state index < -0.39 is 48.6 Å². The Kier molecular flexibility index (Phi) is 17.5. The number of ether oxygens (including phenoxy) is 3. The molecule has 6 rings (SSSR count). The van der Waals surface area contributed by atoms with Gasteiger partial charge >= 0.3 is 0 Å². The lowest BCUT2D eigenvalue weighted by Gasteiger charge is -2.39. The highest BCUT2D eigenvalue weighted by atomic mass is 32.2. The molecule has 334 valence electrons. The number of aliphatic hydroxyl groups excluding tert-OH is 2. The van der Waals surface area contributed by atoms with Gasteiger partial charge in [0.15, 0.2) is 19.7 Å². The number of aliphatic hydroxyl groups is 2. The first kappa shape index (κ1) is 48.3. The molecule has 11 heteroatoms. The molecule has 0 amide bonds. The van der Waals surface area contributed by atoms with Gasteiger partial charge in [-0.15, -0.1) is 0 Å². The van der Waals surface area contributed by atoms with Crippen LogP contribution in [-0.4, -0.2) is 77.2 Å². The van der Waals surface area contributed by atoms with Gasteiger partial charge in [0.1, 0.15) is 18.1 Å². The summed E-state index contributed by atoms with van der Waals surface area (Å²) in [6.07, 6.45) is 4.90. The van der Waals surface area contributed by atoms with Crippen molar-refractivity contribution in [1.29, 1.82) is 0 Å². The van der Waals surface area contributed by atoms with Crippen LogP contribution in [0, 0.1) is 10.8 Å². The third kappa shape index (κ3) is 11.6. The summed E-state index contributed by atoms with van der Waals surface area (Å²) in [6, 6.07) is 31.8. The number of hydrogen-bond acceptors (Lipinski definition) is 9. The topological polar surface area (TPSA) is 136 Å². The lowest BCUT2D eigenvalue weighted by atomic mass is 9.69. The van der Waals surface area contributed by atoms with E-state index in [4.69, 9.17) is 14.2 Å². The van der Waals surface area contributed by atoms with E-state index >= 15 is 0 Å². The molecule has 4 aromatic carbocycles. The molecule has 9 nitrogen and oxygen atoms in total. The van der Waals surface area contributed by atoms with Crippen LogP contribution in [0.1, 0.15) is 121 Å². The molecule has 61 heavy (non-hydrogen) atoms. The van der Waals surface area contributed by atoms with Crippen LogP contribution in [0.25, 0.3) is 0 Å². The molecular weight excluding hydrogens is 809 g/mol. The lowest BCUT2D eigenvalue weighted by molar-refractivity contribution is 0.0125. The highest BCUT2D eigenvalue weighted by Gasteiger charge is 2.49. The van der Waals surface area contributed by atoms with Gasteiger partial charge in [-0.1, -0.05) is 127 Å². The van der Waals surface area contributed by atoms with Crippen LogP contribution < -0.4 is 9.47 Å². The summed E-state index contributed by atoms with van der Waals surface area (Å²) in [5, 5.41) is 23.6. The van der Waals surface area contributed by atoms with Crippen LogP contribution in [0.2, 0.25) is 0 Å². The molecule has 2 N–H and O–H groups in total. The van der Waals surface area contributed by atoms with Crippen LogP contribution in [0.3, 0.4) is 0 Å². The van der Waals surface area contributed by atoms with Crippen molar-refractivity contribution in [2.24, 2.45) is 10.8 Å². The Labute approximate surface area is 365 Å². The van der Waals surface area contributed by atoms with E-state index in [2.05, 4.69) is 13.8 Å². The first-order valence-corrected chi connectivity index (χ1v) is 25.6. The Bertz CT molecular complexity index is 2150. The molecule has 0 saturated heterocycles. The fraction of sp³-hybridized carbons (Fsp3) is 0.520. The summed E-state index contributed by atoms with van der Waals surface area (Å²) in [5.74, 6) is 0.0297. The maximum absolute atomic E-state index is 13.9. The van der Waals surface area contributed by atoms with Gasteiger partial charge in [0.25, 0.3) is 0 Å².